The Kier molecular flexibility index (Phi) is 8.95. The van der Waals surface area contributed by atoms with Crippen molar-refractivity contribution < 1.29 is 4.74 Å². The zero-order valence-corrected chi connectivity index (χ0v) is 14.6. The van der Waals surface area contributed by atoms with Crippen molar-refractivity contribution in [3.63, 3.8) is 0 Å². The fourth-order valence-electron chi connectivity index (χ4n) is 2.21. The average Bonchev–Trinajstić information content (AvgIpc) is 2.46. The molecule has 114 valence electrons. The molecular weight excluding hydrogens is 314 g/mol. The van der Waals surface area contributed by atoms with Crippen LogP contribution in [0.15, 0.2) is 22.7 Å². The van der Waals surface area contributed by atoms with Gasteiger partial charge in [0.15, 0.2) is 0 Å². The SMILES string of the molecule is CCCCCCCCOc1ccc(Br)cc1C(C)NC. The first-order valence-corrected chi connectivity index (χ1v) is 8.57. The number of rotatable bonds is 10. The fourth-order valence-corrected chi connectivity index (χ4v) is 2.59. The summed E-state index contributed by atoms with van der Waals surface area (Å²) in [6, 6.07) is 6.54. The van der Waals surface area contributed by atoms with E-state index in [1.165, 1.54) is 37.7 Å². The van der Waals surface area contributed by atoms with Crippen LogP contribution in [0.1, 0.15) is 64.0 Å². The summed E-state index contributed by atoms with van der Waals surface area (Å²) in [5.74, 6) is 1.00. The summed E-state index contributed by atoms with van der Waals surface area (Å²) < 4.78 is 7.06. The van der Waals surface area contributed by atoms with Gasteiger partial charge in [0.05, 0.1) is 6.61 Å². The van der Waals surface area contributed by atoms with Gasteiger partial charge in [-0.2, -0.15) is 0 Å². The molecule has 0 saturated carbocycles. The molecule has 1 aromatic rings. The Labute approximate surface area is 132 Å². The summed E-state index contributed by atoms with van der Waals surface area (Å²) in [4.78, 5) is 0. The zero-order valence-electron chi connectivity index (χ0n) is 13.0. The minimum Gasteiger partial charge on any atom is -0.493 e. The standard InChI is InChI=1S/C17H28BrNO/c1-4-5-6-7-8-9-12-20-17-11-10-15(18)13-16(17)14(2)19-3/h10-11,13-14,19H,4-9,12H2,1-3H3. The van der Waals surface area contributed by atoms with Crippen molar-refractivity contribution >= 4 is 15.9 Å². The van der Waals surface area contributed by atoms with Gasteiger partial charge >= 0.3 is 0 Å². The lowest BCUT2D eigenvalue weighted by Crippen LogP contribution is -2.14. The average molecular weight is 342 g/mol. The molecule has 1 rings (SSSR count). The van der Waals surface area contributed by atoms with E-state index in [1.807, 2.05) is 13.1 Å². The van der Waals surface area contributed by atoms with E-state index in [-0.39, 0.29) is 0 Å². The van der Waals surface area contributed by atoms with E-state index in [1.54, 1.807) is 0 Å². The Morgan fingerprint density at radius 2 is 1.85 bits per heavy atom. The van der Waals surface area contributed by atoms with Crippen LogP contribution in [0.3, 0.4) is 0 Å². The van der Waals surface area contributed by atoms with E-state index < -0.39 is 0 Å². The lowest BCUT2D eigenvalue weighted by atomic mass is 10.1. The molecule has 1 aromatic carbocycles. The van der Waals surface area contributed by atoms with Gasteiger partial charge in [-0.15, -0.1) is 0 Å². The first kappa shape index (κ1) is 17.5. The minimum atomic E-state index is 0.298. The first-order valence-electron chi connectivity index (χ1n) is 7.78. The van der Waals surface area contributed by atoms with Gasteiger partial charge in [-0.3, -0.25) is 0 Å². The number of halogens is 1. The number of unbranched alkanes of at least 4 members (excludes halogenated alkanes) is 5. The fraction of sp³-hybridized carbons (Fsp3) is 0.647. The molecule has 1 atom stereocenters. The predicted molar refractivity (Wildman–Crippen MR) is 90.5 cm³/mol. The number of nitrogens with one attached hydrogen (secondary N) is 1. The highest BCUT2D eigenvalue weighted by atomic mass is 79.9. The van der Waals surface area contributed by atoms with Crippen molar-refractivity contribution in [2.75, 3.05) is 13.7 Å². The quantitative estimate of drug-likeness (QED) is 0.569. The Hall–Kier alpha value is -0.540. The normalized spacial score (nSPS) is 12.4. The summed E-state index contributed by atoms with van der Waals surface area (Å²) in [7, 11) is 1.98. The molecule has 0 heterocycles. The molecule has 0 spiro atoms. The van der Waals surface area contributed by atoms with Gasteiger partial charge in [0, 0.05) is 16.1 Å². The van der Waals surface area contributed by atoms with E-state index in [4.69, 9.17) is 4.74 Å². The maximum absolute atomic E-state index is 5.96. The maximum atomic E-state index is 5.96. The molecule has 0 radical (unpaired) electrons. The Morgan fingerprint density at radius 3 is 2.55 bits per heavy atom. The van der Waals surface area contributed by atoms with E-state index in [0.717, 1.165) is 23.2 Å². The van der Waals surface area contributed by atoms with Crippen LogP contribution in [0.4, 0.5) is 0 Å². The largest absolute Gasteiger partial charge is 0.493 e. The molecule has 20 heavy (non-hydrogen) atoms. The molecule has 0 saturated heterocycles. The molecular formula is C17H28BrNO. The molecule has 1 unspecified atom stereocenters. The van der Waals surface area contributed by atoms with Gasteiger partial charge < -0.3 is 10.1 Å². The van der Waals surface area contributed by atoms with Gasteiger partial charge in [-0.05, 0) is 38.6 Å². The smallest absolute Gasteiger partial charge is 0.124 e. The van der Waals surface area contributed by atoms with Crippen LogP contribution >= 0.6 is 15.9 Å². The van der Waals surface area contributed by atoms with Crippen LogP contribution in [-0.2, 0) is 0 Å². The maximum Gasteiger partial charge on any atom is 0.124 e. The van der Waals surface area contributed by atoms with Crippen LogP contribution in [-0.4, -0.2) is 13.7 Å². The molecule has 2 nitrogen and oxygen atoms in total. The van der Waals surface area contributed by atoms with Crippen LogP contribution in [0.25, 0.3) is 0 Å². The van der Waals surface area contributed by atoms with Crippen molar-refractivity contribution in [3.8, 4) is 5.75 Å². The van der Waals surface area contributed by atoms with Gasteiger partial charge in [0.1, 0.15) is 5.75 Å². The van der Waals surface area contributed by atoms with Gasteiger partial charge in [0.25, 0.3) is 0 Å². The van der Waals surface area contributed by atoms with Crippen LogP contribution in [0, 0.1) is 0 Å². The van der Waals surface area contributed by atoms with E-state index in [2.05, 4.69) is 47.2 Å². The molecule has 0 aliphatic carbocycles. The molecule has 0 aromatic heterocycles. The highest BCUT2D eigenvalue weighted by molar-refractivity contribution is 9.10. The molecule has 1 N–H and O–H groups in total. The Bertz CT molecular complexity index is 381. The van der Waals surface area contributed by atoms with Crippen molar-refractivity contribution in [2.45, 2.75) is 58.4 Å². The molecule has 0 amide bonds. The summed E-state index contributed by atoms with van der Waals surface area (Å²) in [6.07, 6.45) is 7.77. The third-order valence-electron chi connectivity index (χ3n) is 3.63. The van der Waals surface area contributed by atoms with Crippen molar-refractivity contribution in [2.24, 2.45) is 0 Å². The van der Waals surface area contributed by atoms with Crippen LogP contribution in [0.2, 0.25) is 0 Å². The summed E-state index contributed by atoms with van der Waals surface area (Å²) in [5, 5.41) is 3.27. The third-order valence-corrected chi connectivity index (χ3v) is 4.12. The van der Waals surface area contributed by atoms with E-state index in [0.29, 0.717) is 6.04 Å². The first-order chi connectivity index (χ1) is 9.69. The third kappa shape index (κ3) is 6.27. The number of hydrogen-bond acceptors (Lipinski definition) is 2. The topological polar surface area (TPSA) is 21.3 Å². The molecule has 0 fully saturated rings. The highest BCUT2D eigenvalue weighted by Gasteiger charge is 2.10. The van der Waals surface area contributed by atoms with Gasteiger partial charge in [-0.1, -0.05) is 55.0 Å². The monoisotopic (exact) mass is 341 g/mol. The zero-order chi connectivity index (χ0) is 14.8. The Morgan fingerprint density at radius 1 is 1.15 bits per heavy atom. The highest BCUT2D eigenvalue weighted by Crippen LogP contribution is 2.28. The second kappa shape index (κ2) is 10.2. The summed E-state index contributed by atoms with van der Waals surface area (Å²) >= 11 is 3.53. The van der Waals surface area contributed by atoms with E-state index in [9.17, 15) is 0 Å². The molecule has 0 aliphatic heterocycles. The second-order valence-corrected chi connectivity index (χ2v) is 6.22. The second-order valence-electron chi connectivity index (χ2n) is 5.31. The van der Waals surface area contributed by atoms with Crippen molar-refractivity contribution in [1.82, 2.24) is 5.32 Å². The molecule has 0 aliphatic rings. The van der Waals surface area contributed by atoms with Crippen LogP contribution in [0.5, 0.6) is 5.75 Å². The molecule has 3 heteroatoms. The summed E-state index contributed by atoms with van der Waals surface area (Å²) in [6.45, 7) is 5.22. The van der Waals surface area contributed by atoms with Gasteiger partial charge in [0.2, 0.25) is 0 Å². The lowest BCUT2D eigenvalue weighted by molar-refractivity contribution is 0.299. The minimum absolute atomic E-state index is 0.298. The molecule has 0 bridgehead atoms. The Balaban J connectivity index is 2.39. The van der Waals surface area contributed by atoms with Gasteiger partial charge in [-0.25, -0.2) is 0 Å². The number of ether oxygens (including phenoxy) is 1. The van der Waals surface area contributed by atoms with E-state index >= 15 is 0 Å². The van der Waals surface area contributed by atoms with Crippen LogP contribution < -0.4 is 10.1 Å². The lowest BCUT2D eigenvalue weighted by Gasteiger charge is -2.17. The van der Waals surface area contributed by atoms with Crippen molar-refractivity contribution in [1.29, 1.82) is 0 Å². The number of hydrogen-bond donors (Lipinski definition) is 1. The summed E-state index contributed by atoms with van der Waals surface area (Å²) in [5.41, 5.74) is 1.22. The van der Waals surface area contributed by atoms with Crippen molar-refractivity contribution in [3.05, 3.63) is 28.2 Å². The predicted octanol–water partition coefficient (Wildman–Crippen LogP) is 5.47. The number of benzene rings is 1.